The highest BCUT2D eigenvalue weighted by molar-refractivity contribution is 7.15. The van der Waals surface area contributed by atoms with Crippen LogP contribution in [0.1, 0.15) is 5.69 Å². The molecule has 0 atom stereocenters. The van der Waals surface area contributed by atoms with E-state index < -0.39 is 0 Å². The Morgan fingerprint density at radius 3 is 3.05 bits per heavy atom. The molecule has 2 N–H and O–H groups in total. The fourth-order valence-corrected chi connectivity index (χ4v) is 2.50. The normalized spacial score (nSPS) is 10.8. The van der Waals surface area contributed by atoms with Crippen molar-refractivity contribution in [3.8, 4) is 11.5 Å². The molecule has 2 heterocycles. The number of nitrogen functional groups attached to an aromatic ring is 1. The second-order valence-electron chi connectivity index (χ2n) is 4.02. The molecular weight excluding hydrogens is 262 g/mol. The minimum absolute atomic E-state index is 0.394. The Kier molecular flexibility index (Phi) is 3.00. The van der Waals surface area contributed by atoms with Crippen molar-refractivity contribution in [1.29, 1.82) is 0 Å². The molecule has 0 saturated carbocycles. The molecule has 0 bridgehead atoms. The van der Waals surface area contributed by atoms with Crippen molar-refractivity contribution in [3.05, 3.63) is 41.7 Å². The van der Waals surface area contributed by atoms with E-state index in [0.717, 1.165) is 10.7 Å². The number of nitrogens with two attached hydrogens (primary N) is 1. The number of fused-ring (bicyclic) bond motifs is 1. The van der Waals surface area contributed by atoms with Gasteiger partial charge in [0.2, 0.25) is 0 Å². The van der Waals surface area contributed by atoms with E-state index in [-0.39, 0.29) is 0 Å². The summed E-state index contributed by atoms with van der Waals surface area (Å²) < 4.78 is 12.7. The summed E-state index contributed by atoms with van der Waals surface area (Å²) in [5.74, 6) is 1.35. The van der Waals surface area contributed by atoms with Gasteiger partial charge in [-0.1, -0.05) is 0 Å². The van der Waals surface area contributed by atoms with Crippen LogP contribution in [0.5, 0.6) is 11.5 Å². The predicted molar refractivity (Wildman–Crippen MR) is 74.8 cm³/mol. The Bertz CT molecular complexity index is 676. The van der Waals surface area contributed by atoms with Crippen LogP contribution in [0.15, 0.2) is 36.0 Å². The van der Waals surface area contributed by atoms with Crippen LogP contribution in [-0.4, -0.2) is 16.5 Å². The van der Waals surface area contributed by atoms with Gasteiger partial charge in [0, 0.05) is 23.8 Å². The minimum Gasteiger partial charge on any atom is -0.497 e. The number of anilines is 1. The van der Waals surface area contributed by atoms with Gasteiger partial charge in [-0.25, -0.2) is 4.98 Å². The van der Waals surface area contributed by atoms with Crippen molar-refractivity contribution in [2.75, 3.05) is 12.8 Å². The lowest BCUT2D eigenvalue weighted by atomic mass is 10.3. The van der Waals surface area contributed by atoms with Crippen molar-refractivity contribution >= 4 is 22.0 Å². The predicted octanol–water partition coefficient (Wildman–Crippen LogP) is 2.57. The molecule has 0 spiro atoms. The van der Waals surface area contributed by atoms with E-state index in [0.29, 0.717) is 23.8 Å². The number of hydrogen-bond acceptors (Lipinski definition) is 5. The van der Waals surface area contributed by atoms with Crippen LogP contribution in [0, 0.1) is 0 Å². The zero-order chi connectivity index (χ0) is 13.2. The quantitative estimate of drug-likeness (QED) is 0.743. The topological polar surface area (TPSA) is 61.8 Å². The summed E-state index contributed by atoms with van der Waals surface area (Å²) in [5.41, 5.74) is 7.32. The molecule has 0 fully saturated rings. The van der Waals surface area contributed by atoms with Gasteiger partial charge in [-0.2, -0.15) is 0 Å². The van der Waals surface area contributed by atoms with Crippen LogP contribution in [0.25, 0.3) is 4.96 Å². The molecule has 6 heteroatoms. The first-order valence-corrected chi connectivity index (χ1v) is 6.61. The Balaban J connectivity index is 1.73. The van der Waals surface area contributed by atoms with E-state index in [2.05, 4.69) is 4.98 Å². The summed E-state index contributed by atoms with van der Waals surface area (Å²) in [6, 6.07) is 5.35. The number of imidazole rings is 1. The number of benzene rings is 1. The van der Waals surface area contributed by atoms with E-state index in [1.54, 1.807) is 30.6 Å². The zero-order valence-corrected chi connectivity index (χ0v) is 11.2. The molecule has 0 aliphatic heterocycles. The second kappa shape index (κ2) is 4.81. The third-order valence-corrected chi connectivity index (χ3v) is 3.51. The van der Waals surface area contributed by atoms with Gasteiger partial charge < -0.3 is 15.2 Å². The lowest BCUT2D eigenvalue weighted by molar-refractivity contribution is 0.303. The van der Waals surface area contributed by atoms with Crippen LogP contribution in [-0.2, 0) is 6.61 Å². The van der Waals surface area contributed by atoms with Crippen molar-refractivity contribution in [3.63, 3.8) is 0 Å². The molecule has 0 aliphatic rings. The fraction of sp³-hybridized carbons (Fsp3) is 0.154. The fourth-order valence-electron chi connectivity index (χ4n) is 1.78. The summed E-state index contributed by atoms with van der Waals surface area (Å²) in [6.45, 7) is 0.394. The minimum atomic E-state index is 0.394. The maximum absolute atomic E-state index is 5.89. The van der Waals surface area contributed by atoms with Gasteiger partial charge in [0.25, 0.3) is 0 Å². The maximum Gasteiger partial charge on any atom is 0.193 e. The molecule has 19 heavy (non-hydrogen) atoms. The van der Waals surface area contributed by atoms with Gasteiger partial charge in [-0.3, -0.25) is 4.40 Å². The number of methoxy groups -OCH3 is 1. The Morgan fingerprint density at radius 2 is 2.32 bits per heavy atom. The van der Waals surface area contributed by atoms with Crippen LogP contribution in [0.2, 0.25) is 0 Å². The highest BCUT2D eigenvalue weighted by Crippen LogP contribution is 2.27. The molecule has 0 unspecified atom stereocenters. The van der Waals surface area contributed by atoms with Crippen molar-refractivity contribution < 1.29 is 9.47 Å². The third-order valence-electron chi connectivity index (χ3n) is 2.74. The Hall–Kier alpha value is -2.21. The lowest BCUT2D eigenvalue weighted by Gasteiger charge is -2.08. The standard InChI is InChI=1S/C13H13N3O2S/c1-17-10-2-3-12(11(14)6-10)18-8-9-7-16-4-5-19-13(16)15-9/h2-7H,8,14H2,1H3. The largest absolute Gasteiger partial charge is 0.497 e. The molecule has 98 valence electrons. The van der Waals surface area contributed by atoms with Crippen LogP contribution >= 0.6 is 11.3 Å². The first kappa shape index (κ1) is 11.9. The highest BCUT2D eigenvalue weighted by Gasteiger charge is 2.06. The molecule has 0 amide bonds. The van der Waals surface area contributed by atoms with E-state index in [1.807, 2.05) is 28.2 Å². The number of nitrogens with zero attached hydrogens (tertiary/aromatic N) is 2. The summed E-state index contributed by atoms with van der Waals surface area (Å²) in [5, 5.41) is 1.99. The van der Waals surface area contributed by atoms with Gasteiger partial charge in [0.15, 0.2) is 4.96 Å². The summed E-state index contributed by atoms with van der Waals surface area (Å²) >= 11 is 1.59. The summed E-state index contributed by atoms with van der Waals surface area (Å²) in [7, 11) is 1.60. The number of aromatic nitrogens is 2. The van der Waals surface area contributed by atoms with Gasteiger partial charge >= 0.3 is 0 Å². The van der Waals surface area contributed by atoms with Gasteiger partial charge in [-0.15, -0.1) is 11.3 Å². The van der Waals surface area contributed by atoms with Crippen LogP contribution < -0.4 is 15.2 Å². The van der Waals surface area contributed by atoms with E-state index in [9.17, 15) is 0 Å². The molecular formula is C13H13N3O2S. The molecule has 0 aliphatic carbocycles. The van der Waals surface area contributed by atoms with Crippen molar-refractivity contribution in [1.82, 2.24) is 9.38 Å². The first-order valence-electron chi connectivity index (χ1n) is 5.73. The monoisotopic (exact) mass is 275 g/mol. The average Bonchev–Trinajstić information content (AvgIpc) is 2.98. The van der Waals surface area contributed by atoms with Crippen molar-refractivity contribution in [2.45, 2.75) is 6.61 Å². The van der Waals surface area contributed by atoms with Gasteiger partial charge in [-0.05, 0) is 12.1 Å². The molecule has 0 saturated heterocycles. The average molecular weight is 275 g/mol. The smallest absolute Gasteiger partial charge is 0.193 e. The Labute approximate surface area is 114 Å². The molecule has 5 nitrogen and oxygen atoms in total. The van der Waals surface area contributed by atoms with Gasteiger partial charge in [0.1, 0.15) is 18.1 Å². The second-order valence-corrected chi connectivity index (χ2v) is 4.89. The van der Waals surface area contributed by atoms with Crippen molar-refractivity contribution in [2.24, 2.45) is 0 Å². The van der Waals surface area contributed by atoms with E-state index in [1.165, 1.54) is 0 Å². The molecule has 3 rings (SSSR count). The highest BCUT2D eigenvalue weighted by atomic mass is 32.1. The molecule has 0 radical (unpaired) electrons. The third kappa shape index (κ3) is 2.34. The first-order chi connectivity index (χ1) is 9.26. The lowest BCUT2D eigenvalue weighted by Crippen LogP contribution is -1.99. The summed E-state index contributed by atoms with van der Waals surface area (Å²) in [4.78, 5) is 5.40. The Morgan fingerprint density at radius 1 is 1.42 bits per heavy atom. The molecule has 2 aromatic heterocycles. The summed E-state index contributed by atoms with van der Waals surface area (Å²) in [6.07, 6.45) is 3.92. The SMILES string of the molecule is COc1ccc(OCc2cn3ccsc3n2)c(N)c1. The van der Waals surface area contributed by atoms with E-state index >= 15 is 0 Å². The number of thiazole rings is 1. The zero-order valence-electron chi connectivity index (χ0n) is 10.4. The number of rotatable bonds is 4. The van der Waals surface area contributed by atoms with Gasteiger partial charge in [0.05, 0.1) is 18.5 Å². The number of ether oxygens (including phenoxy) is 2. The molecule has 3 aromatic rings. The maximum atomic E-state index is 5.89. The van der Waals surface area contributed by atoms with E-state index in [4.69, 9.17) is 15.2 Å². The molecule has 1 aromatic carbocycles. The number of hydrogen-bond donors (Lipinski definition) is 1. The van der Waals surface area contributed by atoms with Crippen LogP contribution in [0.3, 0.4) is 0 Å². The van der Waals surface area contributed by atoms with Crippen LogP contribution in [0.4, 0.5) is 5.69 Å².